The monoisotopic (exact) mass is 455 g/mol. The van der Waals surface area contributed by atoms with E-state index in [4.69, 9.17) is 26.2 Å². The lowest BCUT2D eigenvalue weighted by atomic mass is 10.1. The van der Waals surface area contributed by atoms with Crippen molar-refractivity contribution in [3.05, 3.63) is 64.8 Å². The Bertz CT molecular complexity index is 1060. The summed E-state index contributed by atoms with van der Waals surface area (Å²) in [6.45, 7) is 8.38. The number of hydrogen-bond acceptors (Lipinski definition) is 4. The molecule has 0 aliphatic heterocycles. The van der Waals surface area contributed by atoms with Crippen molar-refractivity contribution in [2.45, 2.75) is 53.1 Å². The number of rotatable bonds is 9. The molecular formula is C25H30ClN3O3. The zero-order valence-electron chi connectivity index (χ0n) is 19.3. The second kappa shape index (κ2) is 10.6. The lowest BCUT2D eigenvalue weighted by molar-refractivity contribution is -0.133. The van der Waals surface area contributed by atoms with Gasteiger partial charge in [0.2, 0.25) is 11.8 Å². The fraction of sp³-hybridized carbons (Fsp3) is 0.360. The Morgan fingerprint density at radius 1 is 1.16 bits per heavy atom. The van der Waals surface area contributed by atoms with Crippen molar-refractivity contribution in [3.8, 4) is 23.1 Å². The Hall–Kier alpha value is -2.99. The van der Waals surface area contributed by atoms with Crippen molar-refractivity contribution in [3.63, 3.8) is 0 Å². The Kier molecular flexibility index (Phi) is 7.80. The van der Waals surface area contributed by atoms with Crippen molar-refractivity contribution in [1.82, 2.24) is 14.7 Å². The van der Waals surface area contributed by atoms with Gasteiger partial charge in [-0.15, -0.1) is 0 Å². The van der Waals surface area contributed by atoms with Gasteiger partial charge in [-0.2, -0.15) is 5.10 Å². The van der Waals surface area contributed by atoms with Gasteiger partial charge in [-0.3, -0.25) is 4.79 Å². The van der Waals surface area contributed by atoms with E-state index in [-0.39, 0.29) is 11.9 Å². The average Bonchev–Trinajstić information content (AvgIpc) is 3.11. The highest BCUT2D eigenvalue weighted by Gasteiger charge is 2.25. The summed E-state index contributed by atoms with van der Waals surface area (Å²) in [5, 5.41) is 5.35. The molecule has 6 nitrogen and oxygen atoms in total. The topological polar surface area (TPSA) is 56.6 Å². The first-order valence-corrected chi connectivity index (χ1v) is 11.2. The maximum atomic E-state index is 12.7. The lowest BCUT2D eigenvalue weighted by Gasteiger charge is -2.28. The number of hydrogen-bond donors (Lipinski definition) is 0. The van der Waals surface area contributed by atoms with E-state index < -0.39 is 0 Å². The maximum Gasteiger partial charge on any atom is 0.227 e. The van der Waals surface area contributed by atoms with Crippen LogP contribution in [-0.4, -0.2) is 33.7 Å². The average molecular weight is 456 g/mol. The SMILES string of the molecule is CCC(=O)N(Cc1c(C)nn(-c2cccc(Cl)c2)c1Oc1ccc(OC)cc1)C(C)CC. The number of nitrogens with zero attached hydrogens (tertiary/aromatic N) is 3. The van der Waals surface area contributed by atoms with E-state index in [1.165, 1.54) is 0 Å². The quantitative estimate of drug-likeness (QED) is 0.387. The van der Waals surface area contributed by atoms with Gasteiger partial charge in [0, 0.05) is 17.5 Å². The molecule has 0 N–H and O–H groups in total. The molecule has 0 saturated carbocycles. The Balaban J connectivity index is 2.09. The van der Waals surface area contributed by atoms with Crippen LogP contribution in [0.25, 0.3) is 5.69 Å². The summed E-state index contributed by atoms with van der Waals surface area (Å²) in [6.07, 6.45) is 1.31. The first kappa shape index (κ1) is 23.7. The molecule has 7 heteroatoms. The van der Waals surface area contributed by atoms with E-state index in [0.717, 1.165) is 29.1 Å². The molecule has 2 aromatic carbocycles. The van der Waals surface area contributed by atoms with Crippen LogP contribution >= 0.6 is 11.6 Å². The fourth-order valence-corrected chi connectivity index (χ4v) is 3.63. The van der Waals surface area contributed by atoms with Crippen molar-refractivity contribution in [1.29, 1.82) is 0 Å². The molecule has 3 aromatic rings. The number of aryl methyl sites for hydroxylation is 1. The molecule has 0 bridgehead atoms. The molecule has 1 amide bonds. The summed E-state index contributed by atoms with van der Waals surface area (Å²) < 4.78 is 13.3. The molecule has 1 aromatic heterocycles. The van der Waals surface area contributed by atoms with Gasteiger partial charge in [-0.05, 0) is 62.7 Å². The summed E-state index contributed by atoms with van der Waals surface area (Å²) >= 11 is 6.24. The smallest absolute Gasteiger partial charge is 0.227 e. The maximum absolute atomic E-state index is 12.7. The van der Waals surface area contributed by atoms with E-state index in [9.17, 15) is 4.79 Å². The summed E-state index contributed by atoms with van der Waals surface area (Å²) in [7, 11) is 1.62. The third-order valence-electron chi connectivity index (χ3n) is 5.54. The van der Waals surface area contributed by atoms with Gasteiger partial charge in [0.1, 0.15) is 11.5 Å². The van der Waals surface area contributed by atoms with Gasteiger partial charge in [-0.25, -0.2) is 4.68 Å². The van der Waals surface area contributed by atoms with Gasteiger partial charge in [0.25, 0.3) is 0 Å². The molecule has 1 heterocycles. The minimum atomic E-state index is 0.102. The minimum absolute atomic E-state index is 0.102. The van der Waals surface area contributed by atoms with Crippen LogP contribution in [0.5, 0.6) is 17.4 Å². The summed E-state index contributed by atoms with van der Waals surface area (Å²) in [4.78, 5) is 14.6. The first-order valence-electron chi connectivity index (χ1n) is 10.8. The van der Waals surface area contributed by atoms with E-state index in [2.05, 4.69) is 13.8 Å². The highest BCUT2D eigenvalue weighted by atomic mass is 35.5. The first-order chi connectivity index (χ1) is 15.4. The van der Waals surface area contributed by atoms with E-state index >= 15 is 0 Å². The van der Waals surface area contributed by atoms with Crippen LogP contribution in [0.1, 0.15) is 44.9 Å². The number of amides is 1. The Morgan fingerprint density at radius 2 is 1.84 bits per heavy atom. The molecule has 0 aliphatic carbocycles. The number of halogens is 1. The molecule has 0 saturated heterocycles. The second-order valence-corrected chi connectivity index (χ2v) is 8.11. The number of benzene rings is 2. The molecule has 1 atom stereocenters. The van der Waals surface area contributed by atoms with Crippen LogP contribution in [-0.2, 0) is 11.3 Å². The molecule has 0 radical (unpaired) electrons. The van der Waals surface area contributed by atoms with Crippen LogP contribution in [0.3, 0.4) is 0 Å². The molecule has 0 spiro atoms. The summed E-state index contributed by atoms with van der Waals surface area (Å²) in [5.41, 5.74) is 2.45. The van der Waals surface area contributed by atoms with Gasteiger partial charge >= 0.3 is 0 Å². The third kappa shape index (κ3) is 5.25. The highest BCUT2D eigenvalue weighted by Crippen LogP contribution is 2.33. The van der Waals surface area contributed by atoms with Crippen LogP contribution in [0.15, 0.2) is 48.5 Å². The normalized spacial score (nSPS) is 11.8. The van der Waals surface area contributed by atoms with Crippen LogP contribution in [0.4, 0.5) is 0 Å². The molecule has 3 rings (SSSR count). The summed E-state index contributed by atoms with van der Waals surface area (Å²) in [6, 6.07) is 14.9. The van der Waals surface area contributed by atoms with E-state index in [1.807, 2.05) is 67.3 Å². The second-order valence-electron chi connectivity index (χ2n) is 7.67. The molecule has 170 valence electrons. The number of aromatic nitrogens is 2. The number of methoxy groups -OCH3 is 1. The zero-order valence-corrected chi connectivity index (χ0v) is 20.0. The van der Waals surface area contributed by atoms with Gasteiger partial charge in [-0.1, -0.05) is 31.5 Å². The third-order valence-corrected chi connectivity index (χ3v) is 5.77. The van der Waals surface area contributed by atoms with Crippen LogP contribution < -0.4 is 9.47 Å². The Morgan fingerprint density at radius 3 is 2.44 bits per heavy atom. The molecule has 32 heavy (non-hydrogen) atoms. The van der Waals surface area contributed by atoms with Gasteiger partial charge in [0.15, 0.2) is 0 Å². The Labute approximate surface area is 194 Å². The summed E-state index contributed by atoms with van der Waals surface area (Å²) in [5.74, 6) is 2.05. The van der Waals surface area contributed by atoms with Crippen LogP contribution in [0.2, 0.25) is 5.02 Å². The van der Waals surface area contributed by atoms with Crippen molar-refractivity contribution >= 4 is 17.5 Å². The predicted molar refractivity (Wildman–Crippen MR) is 127 cm³/mol. The van der Waals surface area contributed by atoms with Gasteiger partial charge < -0.3 is 14.4 Å². The van der Waals surface area contributed by atoms with Gasteiger partial charge in [0.05, 0.1) is 30.6 Å². The molecule has 0 fully saturated rings. The number of ether oxygens (including phenoxy) is 2. The minimum Gasteiger partial charge on any atom is -0.497 e. The van der Waals surface area contributed by atoms with E-state index in [0.29, 0.717) is 29.6 Å². The fourth-order valence-electron chi connectivity index (χ4n) is 3.45. The van der Waals surface area contributed by atoms with Crippen LogP contribution in [0, 0.1) is 6.92 Å². The highest BCUT2D eigenvalue weighted by molar-refractivity contribution is 6.30. The largest absolute Gasteiger partial charge is 0.497 e. The van der Waals surface area contributed by atoms with Crippen molar-refractivity contribution < 1.29 is 14.3 Å². The number of carbonyl (C=O) groups is 1. The molecule has 1 unspecified atom stereocenters. The molecular weight excluding hydrogens is 426 g/mol. The van der Waals surface area contributed by atoms with E-state index in [1.54, 1.807) is 11.8 Å². The van der Waals surface area contributed by atoms with Crippen molar-refractivity contribution in [2.75, 3.05) is 7.11 Å². The molecule has 0 aliphatic rings. The zero-order chi connectivity index (χ0) is 23.3. The predicted octanol–water partition coefficient (Wildman–Crippen LogP) is 6.17. The standard InChI is InChI=1S/C25H30ClN3O3/c1-6-17(3)28(24(30)7-2)16-23-18(4)27-29(20-10-8-9-19(26)15-20)25(23)32-22-13-11-21(31-5)12-14-22/h8-15,17H,6-7,16H2,1-5H3. The number of carbonyl (C=O) groups excluding carboxylic acids is 1. The van der Waals surface area contributed by atoms with Crippen molar-refractivity contribution in [2.24, 2.45) is 0 Å². The lowest BCUT2D eigenvalue weighted by Crippen LogP contribution is -2.37.